The molecule has 0 aliphatic heterocycles. The number of aromatic nitrogens is 2. The Balaban J connectivity index is 1.82. The summed E-state index contributed by atoms with van der Waals surface area (Å²) >= 11 is 7.55. The van der Waals surface area contributed by atoms with Crippen LogP contribution in [0.15, 0.2) is 23.6 Å². The number of ether oxygens (including phenoxy) is 2. The van der Waals surface area contributed by atoms with Crippen molar-refractivity contribution < 1.29 is 27.4 Å². The number of benzene rings is 1. The third kappa shape index (κ3) is 3.78. The first-order chi connectivity index (χ1) is 12.1. The van der Waals surface area contributed by atoms with Gasteiger partial charge in [-0.05, 0) is 18.2 Å². The molecule has 3 rings (SSSR count). The molecule has 0 amide bonds. The largest absolute Gasteiger partial charge is 0.487 e. The smallest absolute Gasteiger partial charge is 0.435 e. The number of fused-ring (bicyclic) bond motifs is 1. The van der Waals surface area contributed by atoms with Crippen molar-refractivity contribution >= 4 is 39.0 Å². The van der Waals surface area contributed by atoms with E-state index in [4.69, 9.17) is 21.1 Å². The van der Waals surface area contributed by atoms with E-state index in [1.54, 1.807) is 11.4 Å². The summed E-state index contributed by atoms with van der Waals surface area (Å²) < 4.78 is 50.6. The zero-order valence-corrected chi connectivity index (χ0v) is 15.1. The lowest BCUT2D eigenvalue weighted by Gasteiger charge is -2.08. The minimum atomic E-state index is -4.51. The highest BCUT2D eigenvalue weighted by molar-refractivity contribution is 7.17. The first kappa shape index (κ1) is 18.5. The molecule has 0 saturated carbocycles. The van der Waals surface area contributed by atoms with Crippen LogP contribution in [0.5, 0.6) is 11.5 Å². The molecule has 0 spiro atoms. The van der Waals surface area contributed by atoms with E-state index in [1.807, 2.05) is 0 Å². The second kappa shape index (κ2) is 6.81. The van der Waals surface area contributed by atoms with Crippen molar-refractivity contribution in [3.63, 3.8) is 0 Å². The topological polar surface area (TPSA) is 53.4 Å². The van der Waals surface area contributed by atoms with Gasteiger partial charge < -0.3 is 9.47 Å². The first-order valence-corrected chi connectivity index (χ1v) is 8.53. The SMILES string of the molecule is CC(=O)Oc1csc2cc(OCc3cc(C(F)(F)F)nn3C)cc(Cl)c12. The van der Waals surface area contributed by atoms with Crippen molar-refractivity contribution in [3.05, 3.63) is 40.0 Å². The minimum Gasteiger partial charge on any atom is -0.487 e. The van der Waals surface area contributed by atoms with E-state index >= 15 is 0 Å². The standard InChI is InChI=1S/C16H12ClF3N2O3S/c1-8(23)25-12-7-26-13-5-10(4-11(17)15(12)13)24-6-9-3-14(16(18,19)20)21-22(9)2/h3-5,7H,6H2,1-2H3. The summed E-state index contributed by atoms with van der Waals surface area (Å²) in [5.74, 6) is 0.279. The molecule has 0 atom stereocenters. The van der Waals surface area contributed by atoms with Crippen LogP contribution in [0, 0.1) is 0 Å². The lowest BCUT2D eigenvalue weighted by molar-refractivity contribution is -0.141. The van der Waals surface area contributed by atoms with Gasteiger partial charge in [0.05, 0.1) is 16.1 Å². The fourth-order valence-corrected chi connectivity index (χ4v) is 3.59. The monoisotopic (exact) mass is 404 g/mol. The number of esters is 1. The molecule has 138 valence electrons. The molecule has 0 fully saturated rings. The average Bonchev–Trinajstić information content (AvgIpc) is 3.08. The van der Waals surface area contributed by atoms with Crippen LogP contribution >= 0.6 is 22.9 Å². The second-order valence-electron chi connectivity index (χ2n) is 5.40. The summed E-state index contributed by atoms with van der Waals surface area (Å²) in [5, 5.41) is 5.98. The molecule has 3 aromatic rings. The number of aryl methyl sites for hydroxylation is 1. The summed E-state index contributed by atoms with van der Waals surface area (Å²) in [6.07, 6.45) is -4.51. The van der Waals surface area contributed by atoms with Gasteiger partial charge in [-0.15, -0.1) is 11.3 Å². The van der Waals surface area contributed by atoms with Crippen molar-refractivity contribution in [2.75, 3.05) is 0 Å². The van der Waals surface area contributed by atoms with Gasteiger partial charge in [0.15, 0.2) is 11.4 Å². The van der Waals surface area contributed by atoms with Gasteiger partial charge >= 0.3 is 12.1 Å². The molecule has 0 unspecified atom stereocenters. The van der Waals surface area contributed by atoms with Gasteiger partial charge in [0.25, 0.3) is 0 Å². The number of nitrogens with zero attached hydrogens (tertiary/aromatic N) is 2. The molecule has 26 heavy (non-hydrogen) atoms. The Bertz CT molecular complexity index is 981. The minimum absolute atomic E-state index is 0.108. The van der Waals surface area contributed by atoms with E-state index in [0.717, 1.165) is 15.4 Å². The lowest BCUT2D eigenvalue weighted by atomic mass is 10.2. The van der Waals surface area contributed by atoms with Crippen LogP contribution in [0.4, 0.5) is 13.2 Å². The Morgan fingerprint density at radius 3 is 2.69 bits per heavy atom. The molecule has 0 radical (unpaired) electrons. The molecule has 0 N–H and O–H groups in total. The zero-order valence-electron chi connectivity index (χ0n) is 13.6. The van der Waals surface area contributed by atoms with Crippen LogP contribution in [0.25, 0.3) is 10.1 Å². The van der Waals surface area contributed by atoms with E-state index in [2.05, 4.69) is 5.10 Å². The third-order valence-electron chi connectivity index (χ3n) is 3.47. The highest BCUT2D eigenvalue weighted by atomic mass is 35.5. The van der Waals surface area contributed by atoms with Gasteiger partial charge in [-0.3, -0.25) is 9.48 Å². The van der Waals surface area contributed by atoms with Crippen molar-refractivity contribution in [1.82, 2.24) is 9.78 Å². The molecule has 2 heterocycles. The number of halogens is 4. The number of hydrogen-bond acceptors (Lipinski definition) is 5. The Morgan fingerprint density at radius 2 is 2.08 bits per heavy atom. The predicted octanol–water partition coefficient (Wildman–Crippen LogP) is 4.81. The maximum absolute atomic E-state index is 12.7. The number of rotatable bonds is 4. The van der Waals surface area contributed by atoms with Gasteiger partial charge in [-0.2, -0.15) is 18.3 Å². The number of alkyl halides is 3. The Hall–Kier alpha value is -2.26. The molecule has 2 aromatic heterocycles. The van der Waals surface area contributed by atoms with Crippen LogP contribution < -0.4 is 9.47 Å². The fourth-order valence-electron chi connectivity index (χ4n) is 2.32. The summed E-state index contributed by atoms with van der Waals surface area (Å²) in [5.41, 5.74) is -0.711. The second-order valence-corrected chi connectivity index (χ2v) is 6.72. The van der Waals surface area contributed by atoms with Gasteiger partial charge in [-0.1, -0.05) is 11.6 Å². The average molecular weight is 405 g/mol. The van der Waals surface area contributed by atoms with Gasteiger partial charge in [0.2, 0.25) is 0 Å². The van der Waals surface area contributed by atoms with E-state index in [0.29, 0.717) is 21.9 Å². The Morgan fingerprint density at radius 1 is 1.35 bits per heavy atom. The van der Waals surface area contributed by atoms with Crippen LogP contribution in [-0.4, -0.2) is 15.7 Å². The molecular weight excluding hydrogens is 393 g/mol. The van der Waals surface area contributed by atoms with Crippen molar-refractivity contribution in [1.29, 1.82) is 0 Å². The number of hydrogen-bond donors (Lipinski definition) is 0. The maximum atomic E-state index is 12.7. The molecule has 0 bridgehead atoms. The van der Waals surface area contributed by atoms with Crippen LogP contribution in [0.3, 0.4) is 0 Å². The summed E-state index contributed by atoms with van der Waals surface area (Å²) in [7, 11) is 1.41. The first-order valence-electron chi connectivity index (χ1n) is 7.27. The van der Waals surface area contributed by atoms with Crippen molar-refractivity contribution in [2.45, 2.75) is 19.7 Å². The lowest BCUT2D eigenvalue weighted by Crippen LogP contribution is -2.06. The maximum Gasteiger partial charge on any atom is 0.435 e. The third-order valence-corrected chi connectivity index (χ3v) is 4.68. The normalized spacial score (nSPS) is 11.8. The molecule has 0 aliphatic carbocycles. The molecular formula is C16H12ClF3N2O3S. The Labute approximate surface area is 154 Å². The van der Waals surface area contributed by atoms with Gasteiger partial charge in [-0.25, -0.2) is 0 Å². The van der Waals surface area contributed by atoms with Gasteiger partial charge in [0, 0.05) is 24.1 Å². The van der Waals surface area contributed by atoms with Crippen molar-refractivity contribution in [3.8, 4) is 11.5 Å². The van der Waals surface area contributed by atoms with Crippen LogP contribution in [0.1, 0.15) is 18.3 Å². The Kier molecular flexibility index (Phi) is 4.85. The van der Waals surface area contributed by atoms with E-state index in [9.17, 15) is 18.0 Å². The molecule has 5 nitrogen and oxygen atoms in total. The highest BCUT2D eigenvalue weighted by Crippen LogP contribution is 2.40. The summed E-state index contributed by atoms with van der Waals surface area (Å²) in [6.45, 7) is 1.18. The highest BCUT2D eigenvalue weighted by Gasteiger charge is 2.34. The van der Waals surface area contributed by atoms with Gasteiger partial charge in [0.1, 0.15) is 12.4 Å². The molecule has 0 saturated heterocycles. The van der Waals surface area contributed by atoms with Crippen molar-refractivity contribution in [2.24, 2.45) is 7.05 Å². The molecule has 1 aromatic carbocycles. The quantitative estimate of drug-likeness (QED) is 0.585. The van der Waals surface area contributed by atoms with Crippen LogP contribution in [0.2, 0.25) is 5.02 Å². The van der Waals surface area contributed by atoms with Crippen LogP contribution in [-0.2, 0) is 24.6 Å². The zero-order chi connectivity index (χ0) is 19.1. The predicted molar refractivity (Wildman–Crippen MR) is 90.7 cm³/mol. The summed E-state index contributed by atoms with van der Waals surface area (Å²) in [6, 6.07) is 4.13. The van der Waals surface area contributed by atoms with E-state index in [1.165, 1.54) is 31.4 Å². The summed E-state index contributed by atoms with van der Waals surface area (Å²) in [4.78, 5) is 11.1. The number of carbonyl (C=O) groups excluding carboxylic acids is 1. The number of thiophene rings is 1. The molecule has 10 heteroatoms. The number of carbonyl (C=O) groups is 1. The van der Waals surface area contributed by atoms with E-state index < -0.39 is 17.8 Å². The molecule has 0 aliphatic rings. The fraction of sp³-hybridized carbons (Fsp3) is 0.250. The van der Waals surface area contributed by atoms with E-state index in [-0.39, 0.29) is 12.3 Å².